The number of anilines is 1. The zero-order chi connectivity index (χ0) is 23.8. The molecule has 0 saturated carbocycles. The van der Waals surface area contributed by atoms with Gasteiger partial charge in [0, 0.05) is 16.8 Å². The molecule has 174 valence electrons. The number of carbonyl (C=O) groups is 1. The van der Waals surface area contributed by atoms with Crippen LogP contribution in [-0.2, 0) is 9.53 Å². The number of amidine groups is 1. The molecule has 33 heavy (non-hydrogen) atoms. The molecule has 0 aromatic heterocycles. The number of ether oxygens (including phenoxy) is 1. The first-order valence-electron chi connectivity index (χ1n) is 11.0. The number of rotatable bonds is 6. The zero-order valence-electron chi connectivity index (χ0n) is 19.2. The topological polar surface area (TPSA) is 65.4 Å². The Morgan fingerprint density at radius 3 is 2.55 bits per heavy atom. The lowest BCUT2D eigenvalue weighted by atomic mass is 9.93. The third-order valence-electron chi connectivity index (χ3n) is 5.79. The highest BCUT2D eigenvalue weighted by Crippen LogP contribution is 2.48. The van der Waals surface area contributed by atoms with Crippen LogP contribution in [-0.4, -0.2) is 45.4 Å². The Labute approximate surface area is 203 Å². The number of halogens is 1. The van der Waals surface area contributed by atoms with Crippen molar-refractivity contribution in [2.24, 2.45) is 4.99 Å². The largest absolute Gasteiger partial charge is 0.463 e. The van der Waals surface area contributed by atoms with Crippen LogP contribution in [0.4, 0.5) is 5.69 Å². The van der Waals surface area contributed by atoms with Crippen LogP contribution in [0.3, 0.4) is 0 Å². The Morgan fingerprint density at radius 2 is 1.94 bits per heavy atom. The molecule has 2 aliphatic rings. The second kappa shape index (κ2) is 9.41. The standard InChI is InChI=1S/C25H28ClN3O3S/c1-5-32-23(30)21-17(4)27-24-29(22(21)18-11-13-19(26)14-12-18)25(31,15-33-24)28(16(2)3)20-9-7-6-8-10-20/h6-14,16,22,31H,5,15H2,1-4H3/t22-,25+/m0/s1. The van der Waals surface area contributed by atoms with E-state index in [1.165, 1.54) is 11.8 Å². The number of hydrogen-bond acceptors (Lipinski definition) is 7. The summed E-state index contributed by atoms with van der Waals surface area (Å²) in [5, 5.41) is 13.6. The van der Waals surface area contributed by atoms with Gasteiger partial charge in [-0.3, -0.25) is 4.90 Å². The lowest BCUT2D eigenvalue weighted by Gasteiger charge is -2.50. The smallest absolute Gasteiger partial charge is 0.338 e. The van der Waals surface area contributed by atoms with Crippen LogP contribution < -0.4 is 4.90 Å². The molecule has 8 heteroatoms. The maximum atomic E-state index is 13.1. The van der Waals surface area contributed by atoms with Crippen molar-refractivity contribution in [3.05, 3.63) is 76.5 Å². The third kappa shape index (κ3) is 4.25. The first-order valence-corrected chi connectivity index (χ1v) is 12.3. The number of para-hydroxylation sites is 1. The van der Waals surface area contributed by atoms with Crippen LogP contribution >= 0.6 is 23.4 Å². The van der Waals surface area contributed by atoms with Gasteiger partial charge < -0.3 is 14.7 Å². The van der Waals surface area contributed by atoms with E-state index in [0.29, 0.717) is 27.2 Å². The molecular weight excluding hydrogens is 458 g/mol. The molecule has 0 bridgehead atoms. The Hall–Kier alpha value is -2.48. The summed E-state index contributed by atoms with van der Waals surface area (Å²) in [6.45, 7) is 7.93. The highest BCUT2D eigenvalue weighted by molar-refractivity contribution is 8.14. The summed E-state index contributed by atoms with van der Waals surface area (Å²) in [5.41, 5.74) is 2.72. The molecule has 0 amide bonds. The van der Waals surface area contributed by atoms with E-state index >= 15 is 0 Å². The lowest BCUT2D eigenvalue weighted by molar-refractivity contribution is -0.140. The predicted octanol–water partition coefficient (Wildman–Crippen LogP) is 5.20. The van der Waals surface area contributed by atoms with Crippen molar-refractivity contribution in [2.45, 2.75) is 45.6 Å². The molecule has 4 rings (SSSR count). The van der Waals surface area contributed by atoms with Gasteiger partial charge in [-0.2, -0.15) is 0 Å². The van der Waals surface area contributed by atoms with Crippen molar-refractivity contribution < 1.29 is 14.6 Å². The minimum absolute atomic E-state index is 0.0266. The third-order valence-corrected chi connectivity index (χ3v) is 7.12. The summed E-state index contributed by atoms with van der Waals surface area (Å²) >= 11 is 7.64. The molecule has 2 aliphatic heterocycles. The summed E-state index contributed by atoms with van der Waals surface area (Å²) in [6, 6.07) is 16.5. The van der Waals surface area contributed by atoms with Gasteiger partial charge in [0.15, 0.2) is 5.17 Å². The number of allylic oxidation sites excluding steroid dienone is 1. The van der Waals surface area contributed by atoms with Crippen molar-refractivity contribution in [1.29, 1.82) is 0 Å². The highest BCUT2D eigenvalue weighted by atomic mass is 35.5. The van der Waals surface area contributed by atoms with Crippen molar-refractivity contribution in [2.75, 3.05) is 17.3 Å². The molecule has 2 atom stereocenters. The number of hydrogen-bond donors (Lipinski definition) is 1. The van der Waals surface area contributed by atoms with Crippen LogP contribution in [0.5, 0.6) is 0 Å². The quantitative estimate of drug-likeness (QED) is 0.448. The highest BCUT2D eigenvalue weighted by Gasteiger charge is 2.55. The second-order valence-electron chi connectivity index (χ2n) is 8.30. The number of fused-ring (bicyclic) bond motifs is 1. The van der Waals surface area contributed by atoms with E-state index in [1.54, 1.807) is 19.1 Å². The fourth-order valence-corrected chi connectivity index (χ4v) is 5.83. The molecule has 1 saturated heterocycles. The monoisotopic (exact) mass is 485 g/mol. The maximum absolute atomic E-state index is 13.1. The van der Waals surface area contributed by atoms with Crippen molar-refractivity contribution in [3.8, 4) is 0 Å². The number of thioether (sulfide) groups is 1. The molecule has 2 heterocycles. The number of aliphatic imine (C=N–C) groups is 1. The van der Waals surface area contributed by atoms with Gasteiger partial charge in [0.05, 0.1) is 29.7 Å². The second-order valence-corrected chi connectivity index (χ2v) is 9.68. The van der Waals surface area contributed by atoms with Gasteiger partial charge in [-0.25, -0.2) is 9.79 Å². The molecular formula is C25H28ClN3O3S. The number of nitrogens with zero attached hydrogens (tertiary/aromatic N) is 3. The molecule has 2 aromatic rings. The average molecular weight is 486 g/mol. The van der Waals surface area contributed by atoms with E-state index in [2.05, 4.69) is 0 Å². The molecule has 2 aromatic carbocycles. The minimum atomic E-state index is -1.43. The van der Waals surface area contributed by atoms with Gasteiger partial charge in [0.25, 0.3) is 0 Å². The fourth-order valence-electron chi connectivity index (χ4n) is 4.51. The molecule has 1 fully saturated rings. The molecule has 0 unspecified atom stereocenters. The van der Waals surface area contributed by atoms with E-state index in [0.717, 1.165) is 11.3 Å². The average Bonchev–Trinajstić information content (AvgIpc) is 3.10. The summed E-state index contributed by atoms with van der Waals surface area (Å²) < 4.78 is 5.42. The maximum Gasteiger partial charge on any atom is 0.338 e. The van der Waals surface area contributed by atoms with Crippen LogP contribution in [0, 0.1) is 0 Å². The SMILES string of the molecule is CCOC(=O)C1=C(C)N=C2SC[C@@](O)(N(c3ccccc3)C(C)C)N2[C@H]1c1ccc(Cl)cc1. The van der Waals surface area contributed by atoms with Crippen LogP contribution in [0.25, 0.3) is 0 Å². The van der Waals surface area contributed by atoms with Crippen molar-refractivity contribution in [3.63, 3.8) is 0 Å². The summed E-state index contributed by atoms with van der Waals surface area (Å²) in [5.74, 6) is -1.50. The van der Waals surface area contributed by atoms with Gasteiger partial charge in [0.2, 0.25) is 5.85 Å². The molecule has 6 nitrogen and oxygen atoms in total. The first kappa shape index (κ1) is 23.7. The zero-order valence-corrected chi connectivity index (χ0v) is 20.7. The van der Waals surface area contributed by atoms with E-state index < -0.39 is 17.9 Å². The van der Waals surface area contributed by atoms with Crippen LogP contribution in [0.15, 0.2) is 70.9 Å². The summed E-state index contributed by atoms with van der Waals surface area (Å²) in [4.78, 5) is 21.7. The molecule has 0 radical (unpaired) electrons. The minimum Gasteiger partial charge on any atom is -0.463 e. The van der Waals surface area contributed by atoms with E-state index in [9.17, 15) is 9.90 Å². The number of benzene rings is 2. The Bertz CT molecular complexity index is 1090. The van der Waals surface area contributed by atoms with E-state index in [4.69, 9.17) is 21.3 Å². The molecule has 0 spiro atoms. The van der Waals surface area contributed by atoms with E-state index in [-0.39, 0.29) is 12.6 Å². The Morgan fingerprint density at radius 1 is 1.27 bits per heavy atom. The fraction of sp³-hybridized carbons (Fsp3) is 0.360. The van der Waals surface area contributed by atoms with Gasteiger partial charge in [-0.1, -0.05) is 53.7 Å². The van der Waals surface area contributed by atoms with Gasteiger partial charge in [-0.15, -0.1) is 0 Å². The predicted molar refractivity (Wildman–Crippen MR) is 134 cm³/mol. The summed E-state index contributed by atoms with van der Waals surface area (Å²) in [6.07, 6.45) is 0. The number of esters is 1. The Kier molecular flexibility index (Phi) is 6.75. The van der Waals surface area contributed by atoms with Gasteiger partial charge >= 0.3 is 5.97 Å². The van der Waals surface area contributed by atoms with Crippen LogP contribution in [0.2, 0.25) is 5.02 Å². The number of carbonyl (C=O) groups excluding carboxylic acids is 1. The summed E-state index contributed by atoms with van der Waals surface area (Å²) in [7, 11) is 0. The van der Waals surface area contributed by atoms with Gasteiger partial charge in [-0.05, 0) is 57.5 Å². The van der Waals surface area contributed by atoms with Crippen molar-refractivity contribution >= 4 is 40.2 Å². The number of aliphatic hydroxyl groups is 1. The van der Waals surface area contributed by atoms with Gasteiger partial charge in [0.1, 0.15) is 0 Å². The molecule has 0 aliphatic carbocycles. The van der Waals surface area contributed by atoms with E-state index in [1.807, 2.05) is 73.0 Å². The lowest BCUT2D eigenvalue weighted by Crippen LogP contribution is -2.64. The first-order chi connectivity index (χ1) is 15.8. The van der Waals surface area contributed by atoms with Crippen LogP contribution in [0.1, 0.15) is 39.3 Å². The Balaban J connectivity index is 1.90. The molecule has 1 N–H and O–H groups in total. The van der Waals surface area contributed by atoms with Crippen molar-refractivity contribution in [1.82, 2.24) is 4.90 Å². The normalized spacial score (nSPS) is 22.3.